The summed E-state index contributed by atoms with van der Waals surface area (Å²) in [5.74, 6) is 1.59. The average molecular weight is 433 g/mol. The Morgan fingerprint density at radius 2 is 1.97 bits per heavy atom. The molecule has 0 spiro atoms. The number of ether oxygens (including phenoxy) is 2. The first kappa shape index (κ1) is 19.4. The van der Waals surface area contributed by atoms with Crippen molar-refractivity contribution in [3.05, 3.63) is 66.1 Å². The number of hydrogen-bond donors (Lipinski definition) is 1. The quantitative estimate of drug-likeness (QED) is 0.369. The number of nitrogens with zero attached hydrogens (tertiary/aromatic N) is 4. The molecule has 2 aromatic carbocycles. The minimum absolute atomic E-state index is 0.0830. The Kier molecular flexibility index (Phi) is 5.17. The van der Waals surface area contributed by atoms with E-state index < -0.39 is 0 Å². The van der Waals surface area contributed by atoms with Crippen LogP contribution in [0, 0.1) is 6.92 Å². The second kappa shape index (κ2) is 8.27. The molecule has 4 aromatic rings. The summed E-state index contributed by atoms with van der Waals surface area (Å²) in [6.45, 7) is 2.69. The van der Waals surface area contributed by atoms with Crippen LogP contribution in [0.3, 0.4) is 0 Å². The standard InChI is InChI=1S/C22H19N5O3S/c1-14-2-5-16(6-3-14)27-21-17(10-26-27)22(25-12-24-21)31-11-20(28)23-9-15-4-7-18-19(8-15)30-13-29-18/h2-8,10,12H,9,11,13H2,1H3,(H,23,28). The van der Waals surface area contributed by atoms with E-state index in [2.05, 4.69) is 20.4 Å². The second-order valence-corrected chi connectivity index (χ2v) is 8.03. The Bertz CT molecular complexity index is 1260. The zero-order chi connectivity index (χ0) is 21.2. The van der Waals surface area contributed by atoms with Crippen LogP contribution < -0.4 is 14.8 Å². The molecule has 2 aromatic heterocycles. The zero-order valence-electron chi connectivity index (χ0n) is 16.7. The Hall–Kier alpha value is -3.59. The Morgan fingerprint density at radius 3 is 2.84 bits per heavy atom. The summed E-state index contributed by atoms with van der Waals surface area (Å²) in [6.07, 6.45) is 3.24. The van der Waals surface area contributed by atoms with Crippen molar-refractivity contribution in [3.63, 3.8) is 0 Å². The maximum absolute atomic E-state index is 12.4. The molecule has 9 heteroatoms. The van der Waals surface area contributed by atoms with Crippen molar-refractivity contribution >= 4 is 28.7 Å². The van der Waals surface area contributed by atoms with E-state index in [1.165, 1.54) is 23.7 Å². The first-order chi connectivity index (χ1) is 15.2. The third-order valence-electron chi connectivity index (χ3n) is 4.87. The summed E-state index contributed by atoms with van der Waals surface area (Å²) in [5, 5.41) is 8.93. The van der Waals surface area contributed by atoms with Gasteiger partial charge in [0.2, 0.25) is 12.7 Å². The highest BCUT2D eigenvalue weighted by Gasteiger charge is 2.15. The first-order valence-corrected chi connectivity index (χ1v) is 10.7. The molecular weight excluding hydrogens is 414 g/mol. The van der Waals surface area contributed by atoms with Crippen LogP contribution in [0.25, 0.3) is 16.7 Å². The molecular formula is C22H19N5O3S. The van der Waals surface area contributed by atoms with Gasteiger partial charge in [-0.1, -0.05) is 35.5 Å². The highest BCUT2D eigenvalue weighted by molar-refractivity contribution is 8.00. The van der Waals surface area contributed by atoms with E-state index in [0.717, 1.165) is 27.4 Å². The molecule has 0 fully saturated rings. The molecule has 5 rings (SSSR count). The normalized spacial score (nSPS) is 12.3. The Labute approximate surface area is 182 Å². The predicted octanol–water partition coefficient (Wildman–Crippen LogP) is 3.26. The van der Waals surface area contributed by atoms with Crippen molar-refractivity contribution in [1.29, 1.82) is 0 Å². The van der Waals surface area contributed by atoms with Gasteiger partial charge in [-0.3, -0.25) is 4.79 Å². The monoisotopic (exact) mass is 433 g/mol. The number of aryl methyl sites for hydroxylation is 1. The van der Waals surface area contributed by atoms with Gasteiger partial charge in [-0.15, -0.1) is 0 Å². The number of aromatic nitrogens is 4. The van der Waals surface area contributed by atoms with Crippen LogP contribution in [0.1, 0.15) is 11.1 Å². The van der Waals surface area contributed by atoms with Gasteiger partial charge in [0.1, 0.15) is 11.4 Å². The molecule has 3 heterocycles. The van der Waals surface area contributed by atoms with E-state index in [0.29, 0.717) is 17.9 Å². The van der Waals surface area contributed by atoms with Crippen molar-refractivity contribution in [2.45, 2.75) is 18.5 Å². The first-order valence-electron chi connectivity index (χ1n) is 9.71. The summed E-state index contributed by atoms with van der Waals surface area (Å²) < 4.78 is 12.5. The SMILES string of the molecule is Cc1ccc(-n2ncc3c(SCC(=O)NCc4ccc5c(c4)OCO5)ncnc32)cc1. The van der Waals surface area contributed by atoms with Gasteiger partial charge in [-0.25, -0.2) is 14.6 Å². The van der Waals surface area contributed by atoms with Gasteiger partial charge in [-0.05, 0) is 36.8 Å². The number of fused-ring (bicyclic) bond motifs is 2. The molecule has 8 nitrogen and oxygen atoms in total. The van der Waals surface area contributed by atoms with Crippen molar-refractivity contribution in [2.24, 2.45) is 0 Å². The Morgan fingerprint density at radius 1 is 1.13 bits per heavy atom. The Balaban J connectivity index is 1.24. The molecule has 31 heavy (non-hydrogen) atoms. The van der Waals surface area contributed by atoms with E-state index in [4.69, 9.17) is 9.47 Å². The highest BCUT2D eigenvalue weighted by Crippen LogP contribution is 2.32. The van der Waals surface area contributed by atoms with Gasteiger partial charge in [0.25, 0.3) is 0 Å². The number of amides is 1. The average Bonchev–Trinajstić information content (AvgIpc) is 3.43. The van der Waals surface area contributed by atoms with Gasteiger partial charge in [-0.2, -0.15) is 5.10 Å². The third kappa shape index (κ3) is 4.04. The van der Waals surface area contributed by atoms with Crippen LogP contribution in [-0.4, -0.2) is 38.2 Å². The molecule has 1 aliphatic rings. The minimum atomic E-state index is -0.0830. The summed E-state index contributed by atoms with van der Waals surface area (Å²) in [5.41, 5.74) is 3.77. The summed E-state index contributed by atoms with van der Waals surface area (Å²) >= 11 is 1.36. The van der Waals surface area contributed by atoms with E-state index in [1.54, 1.807) is 10.9 Å². The number of carbonyl (C=O) groups excluding carboxylic acids is 1. The zero-order valence-corrected chi connectivity index (χ0v) is 17.6. The lowest BCUT2D eigenvalue weighted by Crippen LogP contribution is -2.24. The lowest BCUT2D eigenvalue weighted by atomic mass is 10.2. The van der Waals surface area contributed by atoms with E-state index >= 15 is 0 Å². The number of benzene rings is 2. The third-order valence-corrected chi connectivity index (χ3v) is 5.88. The number of carbonyl (C=O) groups is 1. The molecule has 0 aliphatic carbocycles. The minimum Gasteiger partial charge on any atom is -0.454 e. The fourth-order valence-corrected chi connectivity index (χ4v) is 4.04. The predicted molar refractivity (Wildman–Crippen MR) is 117 cm³/mol. The molecule has 0 atom stereocenters. The fraction of sp³-hybridized carbons (Fsp3) is 0.182. The highest BCUT2D eigenvalue weighted by atomic mass is 32.2. The summed E-state index contributed by atoms with van der Waals surface area (Å²) in [7, 11) is 0. The number of hydrogen-bond acceptors (Lipinski definition) is 7. The van der Waals surface area contributed by atoms with Crippen molar-refractivity contribution < 1.29 is 14.3 Å². The largest absolute Gasteiger partial charge is 0.454 e. The maximum atomic E-state index is 12.4. The maximum Gasteiger partial charge on any atom is 0.231 e. The number of thioether (sulfide) groups is 1. The van der Waals surface area contributed by atoms with Crippen LogP contribution in [0.4, 0.5) is 0 Å². The van der Waals surface area contributed by atoms with E-state index in [-0.39, 0.29) is 18.5 Å². The fourth-order valence-electron chi connectivity index (χ4n) is 3.25. The molecule has 1 amide bonds. The van der Waals surface area contributed by atoms with Crippen LogP contribution in [0.5, 0.6) is 11.5 Å². The van der Waals surface area contributed by atoms with Gasteiger partial charge < -0.3 is 14.8 Å². The van der Waals surface area contributed by atoms with Gasteiger partial charge in [0.05, 0.1) is 23.0 Å². The molecule has 0 bridgehead atoms. The van der Waals surface area contributed by atoms with Crippen molar-refractivity contribution in [2.75, 3.05) is 12.5 Å². The lowest BCUT2D eigenvalue weighted by molar-refractivity contribution is -0.118. The van der Waals surface area contributed by atoms with Gasteiger partial charge >= 0.3 is 0 Å². The smallest absolute Gasteiger partial charge is 0.231 e. The molecule has 156 valence electrons. The van der Waals surface area contributed by atoms with Crippen LogP contribution >= 0.6 is 11.8 Å². The van der Waals surface area contributed by atoms with Crippen LogP contribution in [0.15, 0.2) is 60.0 Å². The molecule has 0 saturated heterocycles. The number of rotatable bonds is 6. The molecule has 0 radical (unpaired) electrons. The van der Waals surface area contributed by atoms with Crippen LogP contribution in [0.2, 0.25) is 0 Å². The van der Waals surface area contributed by atoms with Crippen molar-refractivity contribution in [3.8, 4) is 17.2 Å². The lowest BCUT2D eigenvalue weighted by Gasteiger charge is -2.07. The second-order valence-electron chi connectivity index (χ2n) is 7.06. The van der Waals surface area contributed by atoms with E-state index in [9.17, 15) is 4.79 Å². The molecule has 1 N–H and O–H groups in total. The van der Waals surface area contributed by atoms with E-state index in [1.807, 2.05) is 49.4 Å². The van der Waals surface area contributed by atoms with Crippen LogP contribution in [-0.2, 0) is 11.3 Å². The van der Waals surface area contributed by atoms with Gasteiger partial charge in [0, 0.05) is 6.54 Å². The molecule has 0 saturated carbocycles. The number of nitrogens with one attached hydrogen (secondary N) is 1. The summed E-state index contributed by atoms with van der Waals surface area (Å²) in [4.78, 5) is 21.1. The molecule has 1 aliphatic heterocycles. The molecule has 0 unspecified atom stereocenters. The van der Waals surface area contributed by atoms with Gasteiger partial charge in [0.15, 0.2) is 17.1 Å². The van der Waals surface area contributed by atoms with Crippen molar-refractivity contribution in [1.82, 2.24) is 25.1 Å². The topological polar surface area (TPSA) is 91.2 Å². The summed E-state index contributed by atoms with van der Waals surface area (Å²) in [6, 6.07) is 13.7.